The third-order valence-electron chi connectivity index (χ3n) is 11.3. The Balaban J connectivity index is 1.23. The molecule has 246 valence electrons. The Morgan fingerprint density at radius 1 is 0.321 bits per heavy atom. The first-order valence-electron chi connectivity index (χ1n) is 18.4. The number of hydrogen-bond acceptors (Lipinski definition) is 0. The average molecular weight is 672 g/mol. The predicted octanol–water partition coefficient (Wildman–Crippen LogP) is 7.66. The van der Waals surface area contributed by atoms with E-state index >= 15 is 0 Å². The fourth-order valence-corrected chi connectivity index (χ4v) is 8.75. The van der Waals surface area contributed by atoms with Crippen LogP contribution >= 0.6 is 0 Å². The second-order valence-electron chi connectivity index (χ2n) is 14.2. The number of hydrogen-bond donors (Lipinski definition) is 0. The van der Waals surface area contributed by atoms with Crippen LogP contribution in [0.1, 0.15) is 0 Å². The zero-order valence-corrected chi connectivity index (χ0v) is 30.1. The largest absolute Gasteiger partial charge is 0.310 e. The molecule has 0 fully saturated rings. The Labute approximate surface area is 312 Å². The summed E-state index contributed by atoms with van der Waals surface area (Å²) in [5.41, 5.74) is 18.7. The van der Waals surface area contributed by atoms with Crippen molar-refractivity contribution < 1.29 is 0 Å². The van der Waals surface area contributed by atoms with Crippen molar-refractivity contribution in [1.82, 2.24) is 9.13 Å². The first-order chi connectivity index (χ1) is 26.1. The van der Waals surface area contributed by atoms with Gasteiger partial charge in [-0.25, -0.2) is 0 Å². The zero-order valence-electron chi connectivity index (χ0n) is 30.1. The molecule has 0 amide bonds. The van der Waals surface area contributed by atoms with Crippen LogP contribution in [0, 0.1) is 0 Å². The molecule has 0 bridgehead atoms. The number of benzene rings is 8. The molecule has 8 aromatic carbocycles. The SMILES string of the molecule is Bc1c(-c2ccc3c(c2)c2cc(-c4ccccc4)ccc2n3-c2ccccc2)c(B)c2c3ccccc3n(-c3cccc(-c4ccccc4)c3)c2c1B. The van der Waals surface area contributed by atoms with E-state index in [1.54, 1.807) is 0 Å². The van der Waals surface area contributed by atoms with Crippen molar-refractivity contribution in [2.45, 2.75) is 0 Å². The Bertz CT molecular complexity index is 3020. The fourth-order valence-electron chi connectivity index (χ4n) is 8.75. The summed E-state index contributed by atoms with van der Waals surface area (Å²) in [4.78, 5) is 0. The van der Waals surface area contributed by atoms with Gasteiger partial charge in [0.25, 0.3) is 0 Å². The van der Waals surface area contributed by atoms with Crippen LogP contribution < -0.4 is 16.4 Å². The van der Waals surface area contributed by atoms with Crippen molar-refractivity contribution in [3.8, 4) is 44.8 Å². The highest BCUT2D eigenvalue weighted by Gasteiger charge is 2.22. The van der Waals surface area contributed by atoms with Gasteiger partial charge in [0.05, 0.1) is 16.6 Å². The number of para-hydroxylation sites is 2. The van der Waals surface area contributed by atoms with E-state index in [4.69, 9.17) is 0 Å². The lowest BCUT2D eigenvalue weighted by Crippen LogP contribution is -2.35. The van der Waals surface area contributed by atoms with E-state index < -0.39 is 0 Å². The molecule has 10 aromatic rings. The molecule has 0 aliphatic carbocycles. The summed E-state index contributed by atoms with van der Waals surface area (Å²) in [5.74, 6) is 0. The van der Waals surface area contributed by atoms with Gasteiger partial charge in [-0.15, -0.1) is 0 Å². The lowest BCUT2D eigenvalue weighted by atomic mass is 9.69. The third-order valence-corrected chi connectivity index (χ3v) is 11.3. The molecule has 0 unspecified atom stereocenters. The summed E-state index contributed by atoms with van der Waals surface area (Å²) < 4.78 is 4.90. The number of aromatic nitrogens is 2. The Morgan fingerprint density at radius 2 is 0.830 bits per heavy atom. The van der Waals surface area contributed by atoms with Crippen LogP contribution in [0.15, 0.2) is 176 Å². The van der Waals surface area contributed by atoms with Gasteiger partial charge in [0.2, 0.25) is 0 Å². The average Bonchev–Trinajstić information content (AvgIpc) is 3.74. The standard InChI is InChI=1S/C48H35B3N2/c49-45-43(34-24-26-42-39(29-34)38-28-33(31-15-6-2-7-16-31)23-25-41(38)52(42)35-18-8-3-9-19-35)46(50)47(51)48-44(45)37-21-10-11-22-40(37)53(48)36-20-12-17-32(27-36)30-13-4-1-5-14-30/h1-29H,49-51H2. The van der Waals surface area contributed by atoms with Crippen LogP contribution in [0.4, 0.5) is 0 Å². The fraction of sp³-hybridized carbons (Fsp3) is 0. The minimum atomic E-state index is 1.17. The van der Waals surface area contributed by atoms with Crippen molar-refractivity contribution >= 4 is 83.5 Å². The minimum Gasteiger partial charge on any atom is -0.310 e. The van der Waals surface area contributed by atoms with Crippen LogP contribution in [0.2, 0.25) is 0 Å². The maximum atomic E-state index is 2.48. The second kappa shape index (κ2) is 12.4. The molecular weight excluding hydrogens is 637 g/mol. The molecule has 5 heteroatoms. The van der Waals surface area contributed by atoms with Crippen LogP contribution in [0.3, 0.4) is 0 Å². The molecule has 0 aliphatic rings. The van der Waals surface area contributed by atoms with Gasteiger partial charge in [0.15, 0.2) is 0 Å². The van der Waals surface area contributed by atoms with E-state index in [-0.39, 0.29) is 0 Å². The van der Waals surface area contributed by atoms with Crippen LogP contribution in [0.25, 0.3) is 88.4 Å². The van der Waals surface area contributed by atoms with Gasteiger partial charge in [0, 0.05) is 38.4 Å². The molecule has 2 nitrogen and oxygen atoms in total. The number of rotatable bonds is 5. The maximum absolute atomic E-state index is 2.48. The van der Waals surface area contributed by atoms with Gasteiger partial charge in [-0.1, -0.05) is 138 Å². The molecular formula is C48H35B3N2. The molecule has 0 spiro atoms. The quantitative estimate of drug-likeness (QED) is 0.166. The highest BCUT2D eigenvalue weighted by molar-refractivity contribution is 6.60. The summed E-state index contributed by atoms with van der Waals surface area (Å²) in [6.07, 6.45) is 0. The van der Waals surface area contributed by atoms with Crippen molar-refractivity contribution in [3.05, 3.63) is 176 Å². The second-order valence-corrected chi connectivity index (χ2v) is 14.2. The lowest BCUT2D eigenvalue weighted by Gasteiger charge is -2.19. The lowest BCUT2D eigenvalue weighted by molar-refractivity contribution is 1.18. The topological polar surface area (TPSA) is 9.86 Å². The first kappa shape index (κ1) is 31.3. The smallest absolute Gasteiger partial charge is 0.141 e. The van der Waals surface area contributed by atoms with Crippen molar-refractivity contribution in [3.63, 3.8) is 0 Å². The first-order valence-corrected chi connectivity index (χ1v) is 18.4. The van der Waals surface area contributed by atoms with E-state index in [1.165, 1.54) is 105 Å². The Kier molecular flexibility index (Phi) is 7.30. The summed E-state index contributed by atoms with van der Waals surface area (Å²) >= 11 is 0. The maximum Gasteiger partial charge on any atom is 0.141 e. The van der Waals surface area contributed by atoms with Gasteiger partial charge in [-0.05, 0) is 88.0 Å². The van der Waals surface area contributed by atoms with Gasteiger partial charge < -0.3 is 9.13 Å². The summed E-state index contributed by atoms with van der Waals surface area (Å²) in [6.45, 7) is 0. The number of fused-ring (bicyclic) bond motifs is 6. The summed E-state index contributed by atoms with van der Waals surface area (Å²) in [5, 5.41) is 5.12. The van der Waals surface area contributed by atoms with Gasteiger partial charge in [0.1, 0.15) is 23.5 Å². The van der Waals surface area contributed by atoms with Gasteiger partial charge >= 0.3 is 0 Å². The molecule has 10 rings (SSSR count). The van der Waals surface area contributed by atoms with Gasteiger partial charge in [-0.2, -0.15) is 0 Å². The Hall–Kier alpha value is -6.45. The highest BCUT2D eigenvalue weighted by atomic mass is 15.0. The van der Waals surface area contributed by atoms with E-state index in [9.17, 15) is 0 Å². The normalized spacial score (nSPS) is 11.6. The molecule has 2 aromatic heterocycles. The Morgan fingerprint density at radius 3 is 1.51 bits per heavy atom. The van der Waals surface area contributed by atoms with Crippen molar-refractivity contribution in [2.24, 2.45) is 0 Å². The van der Waals surface area contributed by atoms with E-state index in [0.717, 1.165) is 0 Å². The molecule has 0 aliphatic heterocycles. The molecule has 2 heterocycles. The molecule has 53 heavy (non-hydrogen) atoms. The molecule has 0 N–H and O–H groups in total. The van der Waals surface area contributed by atoms with Crippen molar-refractivity contribution in [2.75, 3.05) is 0 Å². The van der Waals surface area contributed by atoms with Gasteiger partial charge in [-0.3, -0.25) is 0 Å². The van der Waals surface area contributed by atoms with Crippen LogP contribution in [-0.2, 0) is 0 Å². The monoisotopic (exact) mass is 672 g/mol. The van der Waals surface area contributed by atoms with Crippen LogP contribution in [-0.4, -0.2) is 32.7 Å². The molecule has 0 saturated heterocycles. The van der Waals surface area contributed by atoms with Crippen molar-refractivity contribution in [1.29, 1.82) is 0 Å². The highest BCUT2D eigenvalue weighted by Crippen LogP contribution is 2.38. The molecule has 0 radical (unpaired) electrons. The van der Waals surface area contributed by atoms with Crippen LogP contribution in [0.5, 0.6) is 0 Å². The summed E-state index contributed by atoms with van der Waals surface area (Å²) in [7, 11) is 6.94. The predicted molar refractivity (Wildman–Crippen MR) is 236 cm³/mol. The number of nitrogens with zero attached hydrogens (tertiary/aromatic N) is 2. The minimum absolute atomic E-state index is 1.17. The third kappa shape index (κ3) is 4.92. The zero-order chi connectivity index (χ0) is 35.6. The molecule has 0 atom stereocenters. The van der Waals surface area contributed by atoms with E-state index in [1.807, 2.05) is 0 Å². The molecule has 0 saturated carbocycles. The van der Waals surface area contributed by atoms with E-state index in [0.29, 0.717) is 0 Å². The summed E-state index contributed by atoms with van der Waals surface area (Å²) in [6, 6.07) is 64.0. The van der Waals surface area contributed by atoms with E-state index in [2.05, 4.69) is 209 Å².